The number of hydrogen-bond acceptors (Lipinski definition) is 3. The third-order valence-corrected chi connectivity index (χ3v) is 5.09. The maximum absolute atomic E-state index is 12.3. The first-order valence-corrected chi connectivity index (χ1v) is 9.88. The van der Waals surface area contributed by atoms with Crippen LogP contribution in [0.25, 0.3) is 0 Å². The summed E-state index contributed by atoms with van der Waals surface area (Å²) in [6, 6.07) is 16.7. The highest BCUT2D eigenvalue weighted by atomic mass is 35.5. The summed E-state index contributed by atoms with van der Waals surface area (Å²) < 4.78 is 5.86. The zero-order valence-electron chi connectivity index (χ0n) is 16.7. The zero-order valence-corrected chi connectivity index (χ0v) is 17.6. The average Bonchev–Trinajstić information content (AvgIpc) is 2.69. The number of carbonyl (C=O) groups is 1. The van der Waals surface area contributed by atoms with Gasteiger partial charge in [-0.15, -0.1) is 12.4 Å². The summed E-state index contributed by atoms with van der Waals surface area (Å²) in [7, 11) is 0. The van der Waals surface area contributed by atoms with E-state index in [2.05, 4.69) is 60.9 Å². The highest BCUT2D eigenvalue weighted by Gasteiger charge is 2.21. The molecule has 152 valence electrons. The summed E-state index contributed by atoms with van der Waals surface area (Å²) in [6.07, 6.45) is 2.70. The lowest BCUT2D eigenvalue weighted by Crippen LogP contribution is -2.42. The van der Waals surface area contributed by atoms with Crippen LogP contribution in [0, 0.1) is 12.8 Å². The van der Waals surface area contributed by atoms with Gasteiger partial charge in [0.15, 0.2) is 0 Å². The number of carbonyl (C=O) groups excluding carboxylic acids is 1. The first kappa shape index (κ1) is 22.3. The molecule has 0 aromatic heterocycles. The Balaban J connectivity index is 0.00000280. The summed E-state index contributed by atoms with van der Waals surface area (Å²) in [4.78, 5) is 12.3. The van der Waals surface area contributed by atoms with Gasteiger partial charge in [-0.2, -0.15) is 0 Å². The molecule has 4 nitrogen and oxygen atoms in total. The lowest BCUT2D eigenvalue weighted by molar-refractivity contribution is -0.126. The van der Waals surface area contributed by atoms with Crippen LogP contribution in [-0.4, -0.2) is 25.0 Å². The molecule has 1 aliphatic rings. The Labute approximate surface area is 174 Å². The molecule has 2 N–H and O–H groups in total. The number of hydrogen-bond donors (Lipinski definition) is 2. The molecule has 0 aliphatic carbocycles. The third kappa shape index (κ3) is 6.84. The number of aryl methyl sites for hydroxylation is 1. The Hall–Kier alpha value is -2.04. The van der Waals surface area contributed by atoms with Crippen molar-refractivity contribution in [3.63, 3.8) is 0 Å². The Kier molecular flexibility index (Phi) is 8.81. The molecular weight excluding hydrogens is 372 g/mol. The van der Waals surface area contributed by atoms with Gasteiger partial charge in [-0.05, 0) is 69.5 Å². The van der Waals surface area contributed by atoms with Crippen molar-refractivity contribution >= 4 is 18.3 Å². The topological polar surface area (TPSA) is 50.4 Å². The van der Waals surface area contributed by atoms with E-state index in [9.17, 15) is 4.79 Å². The Morgan fingerprint density at radius 2 is 1.68 bits per heavy atom. The third-order valence-electron chi connectivity index (χ3n) is 5.09. The van der Waals surface area contributed by atoms with Gasteiger partial charge in [0.1, 0.15) is 12.4 Å². The minimum atomic E-state index is 0. The summed E-state index contributed by atoms with van der Waals surface area (Å²) in [5.74, 6) is 1.22. The van der Waals surface area contributed by atoms with Gasteiger partial charge in [-0.25, -0.2) is 0 Å². The Morgan fingerprint density at radius 3 is 2.32 bits per heavy atom. The van der Waals surface area contributed by atoms with Crippen molar-refractivity contribution in [2.24, 2.45) is 5.92 Å². The molecule has 2 aromatic rings. The number of ether oxygens (including phenoxy) is 1. The molecule has 1 fully saturated rings. The second kappa shape index (κ2) is 11.1. The number of halogens is 1. The number of benzene rings is 2. The SMILES string of the molecule is Cc1ccc(COc2ccc(CC(C)NC(=O)C3CCNCC3)cc2)cc1.Cl. The zero-order chi connectivity index (χ0) is 19.1. The van der Waals surface area contributed by atoms with Crippen molar-refractivity contribution in [2.45, 2.75) is 45.8 Å². The standard InChI is InChI=1S/C23H30N2O2.ClH/c1-17-3-5-20(6-4-17)16-27-22-9-7-19(8-10-22)15-18(2)25-23(26)21-11-13-24-14-12-21;/h3-10,18,21,24H,11-16H2,1-2H3,(H,25,26);1H. The summed E-state index contributed by atoms with van der Waals surface area (Å²) >= 11 is 0. The highest BCUT2D eigenvalue weighted by molar-refractivity contribution is 5.85. The van der Waals surface area contributed by atoms with E-state index < -0.39 is 0 Å². The van der Waals surface area contributed by atoms with Gasteiger partial charge in [0.25, 0.3) is 0 Å². The summed E-state index contributed by atoms with van der Waals surface area (Å²) in [6.45, 7) is 6.61. The first-order chi connectivity index (χ1) is 13.1. The van der Waals surface area contributed by atoms with Crippen molar-refractivity contribution < 1.29 is 9.53 Å². The fourth-order valence-corrected chi connectivity index (χ4v) is 3.42. The highest BCUT2D eigenvalue weighted by Crippen LogP contribution is 2.16. The van der Waals surface area contributed by atoms with Gasteiger partial charge < -0.3 is 15.4 Å². The van der Waals surface area contributed by atoms with Crippen molar-refractivity contribution in [3.8, 4) is 5.75 Å². The maximum atomic E-state index is 12.3. The van der Waals surface area contributed by atoms with E-state index in [0.29, 0.717) is 6.61 Å². The predicted octanol–water partition coefficient (Wildman–Crippen LogP) is 4.04. The van der Waals surface area contributed by atoms with Gasteiger partial charge in [0.2, 0.25) is 5.91 Å². The van der Waals surface area contributed by atoms with E-state index >= 15 is 0 Å². The molecule has 0 radical (unpaired) electrons. The molecule has 3 rings (SSSR count). The van der Waals surface area contributed by atoms with Crippen LogP contribution in [0.1, 0.15) is 36.5 Å². The van der Waals surface area contributed by atoms with Crippen LogP contribution < -0.4 is 15.4 Å². The monoisotopic (exact) mass is 402 g/mol. The molecular formula is C23H31ClN2O2. The van der Waals surface area contributed by atoms with Gasteiger partial charge in [0, 0.05) is 12.0 Å². The van der Waals surface area contributed by atoms with E-state index in [1.54, 1.807) is 0 Å². The van der Waals surface area contributed by atoms with E-state index in [1.807, 2.05) is 12.1 Å². The molecule has 1 amide bonds. The van der Waals surface area contributed by atoms with Crippen LogP contribution in [0.5, 0.6) is 5.75 Å². The van der Waals surface area contributed by atoms with Gasteiger partial charge in [-0.1, -0.05) is 42.0 Å². The van der Waals surface area contributed by atoms with Crippen LogP contribution >= 0.6 is 12.4 Å². The van der Waals surface area contributed by atoms with Gasteiger partial charge >= 0.3 is 0 Å². The van der Waals surface area contributed by atoms with E-state index in [1.165, 1.54) is 16.7 Å². The van der Waals surface area contributed by atoms with Crippen molar-refractivity contribution in [1.29, 1.82) is 0 Å². The van der Waals surface area contributed by atoms with Crippen LogP contribution in [0.15, 0.2) is 48.5 Å². The quantitative estimate of drug-likeness (QED) is 0.734. The van der Waals surface area contributed by atoms with E-state index in [-0.39, 0.29) is 30.3 Å². The van der Waals surface area contributed by atoms with Crippen LogP contribution in [0.3, 0.4) is 0 Å². The molecule has 0 bridgehead atoms. The summed E-state index contributed by atoms with van der Waals surface area (Å²) in [5, 5.41) is 6.47. The lowest BCUT2D eigenvalue weighted by Gasteiger charge is -2.24. The van der Waals surface area contributed by atoms with Crippen LogP contribution in [-0.2, 0) is 17.8 Å². The molecule has 2 aromatic carbocycles. The van der Waals surface area contributed by atoms with E-state index in [4.69, 9.17) is 4.74 Å². The first-order valence-electron chi connectivity index (χ1n) is 9.88. The minimum Gasteiger partial charge on any atom is -0.489 e. The molecule has 1 atom stereocenters. The molecule has 1 unspecified atom stereocenters. The van der Waals surface area contributed by atoms with Crippen molar-refractivity contribution in [1.82, 2.24) is 10.6 Å². The molecule has 5 heteroatoms. The van der Waals surface area contributed by atoms with Gasteiger partial charge in [-0.3, -0.25) is 4.79 Å². The minimum absolute atomic E-state index is 0. The number of piperidine rings is 1. The van der Waals surface area contributed by atoms with Crippen molar-refractivity contribution in [3.05, 3.63) is 65.2 Å². The van der Waals surface area contributed by atoms with Crippen LogP contribution in [0.4, 0.5) is 0 Å². The predicted molar refractivity (Wildman–Crippen MR) is 116 cm³/mol. The number of amides is 1. The van der Waals surface area contributed by atoms with E-state index in [0.717, 1.165) is 38.1 Å². The molecule has 0 spiro atoms. The van der Waals surface area contributed by atoms with Crippen LogP contribution in [0.2, 0.25) is 0 Å². The fraction of sp³-hybridized carbons (Fsp3) is 0.435. The second-order valence-electron chi connectivity index (χ2n) is 7.56. The average molecular weight is 403 g/mol. The Bertz CT molecular complexity index is 725. The molecule has 28 heavy (non-hydrogen) atoms. The largest absolute Gasteiger partial charge is 0.489 e. The van der Waals surface area contributed by atoms with Gasteiger partial charge in [0.05, 0.1) is 0 Å². The molecule has 1 saturated heterocycles. The summed E-state index contributed by atoms with van der Waals surface area (Å²) in [5.41, 5.74) is 3.62. The number of rotatable bonds is 7. The lowest BCUT2D eigenvalue weighted by atomic mass is 9.96. The Morgan fingerprint density at radius 1 is 1.07 bits per heavy atom. The fourth-order valence-electron chi connectivity index (χ4n) is 3.42. The second-order valence-corrected chi connectivity index (χ2v) is 7.56. The molecule has 1 aliphatic heterocycles. The molecule has 0 saturated carbocycles. The van der Waals surface area contributed by atoms with Crippen molar-refractivity contribution in [2.75, 3.05) is 13.1 Å². The smallest absolute Gasteiger partial charge is 0.223 e. The molecule has 1 heterocycles. The number of nitrogens with one attached hydrogen (secondary N) is 2. The maximum Gasteiger partial charge on any atom is 0.223 e. The normalized spacial score (nSPS) is 15.4.